The zero-order chi connectivity index (χ0) is 17.1. The second kappa shape index (κ2) is 8.84. The number of nitrogens with two attached hydrogens (primary N) is 1. The first-order valence-corrected chi connectivity index (χ1v) is 9.70. The van der Waals surface area contributed by atoms with E-state index in [1.54, 1.807) is 0 Å². The number of hydrogen-bond acceptors (Lipinski definition) is 4. The van der Waals surface area contributed by atoms with E-state index in [4.69, 9.17) is 9.92 Å². The molecule has 0 aliphatic rings. The van der Waals surface area contributed by atoms with E-state index in [-0.39, 0.29) is 24.4 Å². The van der Waals surface area contributed by atoms with Gasteiger partial charge in [0, 0.05) is 26.2 Å². The van der Waals surface area contributed by atoms with Gasteiger partial charge >= 0.3 is 10.3 Å². The van der Waals surface area contributed by atoms with Gasteiger partial charge in [-0.3, -0.25) is 0 Å². The predicted molar refractivity (Wildman–Crippen MR) is 105 cm³/mol. The highest BCUT2D eigenvalue weighted by atomic mass is 127. The topological polar surface area (TPSA) is 72.6 Å². The molecular formula is C15H26ClIN2O3S. The molecular weight excluding hydrogens is 451 g/mol. The fourth-order valence-corrected chi connectivity index (χ4v) is 3.58. The molecule has 0 aromatic heterocycles. The minimum Gasteiger partial charge on any atom is -0.369 e. The summed E-state index contributed by atoms with van der Waals surface area (Å²) < 4.78 is 31.0. The summed E-state index contributed by atoms with van der Waals surface area (Å²) in [7, 11) is -0.924. The summed E-state index contributed by atoms with van der Waals surface area (Å²) in [5.41, 5.74) is 7.73. The maximum Gasteiger partial charge on any atom is 0.384 e. The van der Waals surface area contributed by atoms with Crippen LogP contribution in [0.2, 0.25) is 0 Å². The van der Waals surface area contributed by atoms with Crippen molar-refractivity contribution in [3.8, 4) is 5.75 Å². The molecule has 0 saturated heterocycles. The molecule has 1 rings (SSSR count). The molecule has 8 heteroatoms. The Morgan fingerprint density at radius 1 is 1.26 bits per heavy atom. The van der Waals surface area contributed by atoms with Crippen LogP contribution in [-0.2, 0) is 22.3 Å². The summed E-state index contributed by atoms with van der Waals surface area (Å²) in [4.78, 5) is 0. The Morgan fingerprint density at radius 3 is 2.17 bits per heavy atom. The maximum atomic E-state index is 12.0. The third kappa shape index (κ3) is 5.19. The molecule has 0 radical (unpaired) electrons. The van der Waals surface area contributed by atoms with Gasteiger partial charge in [-0.15, -0.1) is 12.4 Å². The second-order valence-electron chi connectivity index (χ2n) is 5.74. The summed E-state index contributed by atoms with van der Waals surface area (Å²) in [5.74, 6) is 0.329. The van der Waals surface area contributed by atoms with Gasteiger partial charge in [-0.1, -0.05) is 26.8 Å². The Labute approximate surface area is 159 Å². The summed E-state index contributed by atoms with van der Waals surface area (Å²) in [6, 6.07) is 3.96. The third-order valence-corrected chi connectivity index (χ3v) is 6.31. The fraction of sp³-hybridized carbons (Fsp3) is 0.600. The molecule has 0 aliphatic heterocycles. The molecule has 0 amide bonds. The zero-order valence-electron chi connectivity index (χ0n) is 14.2. The second-order valence-corrected chi connectivity index (χ2v) is 8.66. The van der Waals surface area contributed by atoms with Crippen molar-refractivity contribution in [2.45, 2.75) is 45.6 Å². The molecule has 0 fully saturated rings. The smallest absolute Gasteiger partial charge is 0.369 e. The lowest BCUT2D eigenvalue weighted by Crippen LogP contribution is -2.28. The first-order chi connectivity index (χ1) is 10.1. The Bertz CT molecular complexity index is 632. The largest absolute Gasteiger partial charge is 0.384 e. The summed E-state index contributed by atoms with van der Waals surface area (Å²) >= 11 is 2.11. The molecule has 0 unspecified atom stereocenters. The van der Waals surface area contributed by atoms with Gasteiger partial charge in [0.1, 0.15) is 0 Å². The average Bonchev–Trinajstić information content (AvgIpc) is 2.47. The molecule has 0 spiro atoms. The minimum absolute atomic E-state index is 0. The normalized spacial score (nSPS) is 12.2. The molecule has 1 aromatic rings. The van der Waals surface area contributed by atoms with Crippen LogP contribution in [0, 0.1) is 3.57 Å². The molecule has 2 N–H and O–H groups in total. The number of hydrogen-bond donors (Lipinski definition) is 1. The van der Waals surface area contributed by atoms with Crippen LogP contribution < -0.4 is 9.92 Å². The van der Waals surface area contributed by atoms with Crippen molar-refractivity contribution < 1.29 is 12.6 Å². The SMILES string of the molecule is CCC(C)(CC)c1cc(I)c(OS(=O)(=O)N(C)C)c(CN)c1.Cl. The molecule has 0 bridgehead atoms. The molecule has 23 heavy (non-hydrogen) atoms. The lowest BCUT2D eigenvalue weighted by molar-refractivity contribution is 0.416. The first kappa shape index (κ1) is 22.9. The number of halogens is 2. The van der Waals surface area contributed by atoms with Gasteiger partial charge in [0.15, 0.2) is 5.75 Å². The van der Waals surface area contributed by atoms with Gasteiger partial charge in [0.2, 0.25) is 0 Å². The van der Waals surface area contributed by atoms with Crippen molar-refractivity contribution in [1.82, 2.24) is 4.31 Å². The summed E-state index contributed by atoms with van der Waals surface area (Å²) in [6.45, 7) is 6.74. The Balaban J connectivity index is 0.00000484. The van der Waals surface area contributed by atoms with Gasteiger partial charge in [0.05, 0.1) is 3.57 Å². The van der Waals surface area contributed by atoms with E-state index in [2.05, 4.69) is 43.4 Å². The van der Waals surface area contributed by atoms with E-state index in [1.807, 2.05) is 12.1 Å². The van der Waals surface area contributed by atoms with Crippen LogP contribution in [0.15, 0.2) is 12.1 Å². The Kier molecular flexibility index (Phi) is 8.81. The van der Waals surface area contributed by atoms with Crippen LogP contribution >= 0.6 is 35.0 Å². The van der Waals surface area contributed by atoms with E-state index in [0.717, 1.165) is 26.3 Å². The summed E-state index contributed by atoms with van der Waals surface area (Å²) in [5, 5.41) is 0. The lowest BCUT2D eigenvalue weighted by Gasteiger charge is -2.29. The molecule has 134 valence electrons. The van der Waals surface area contributed by atoms with Crippen LogP contribution in [0.25, 0.3) is 0 Å². The molecule has 5 nitrogen and oxygen atoms in total. The molecule has 0 saturated carbocycles. The monoisotopic (exact) mass is 476 g/mol. The lowest BCUT2D eigenvalue weighted by atomic mass is 9.77. The zero-order valence-corrected chi connectivity index (χ0v) is 18.0. The van der Waals surface area contributed by atoms with Crippen LogP contribution in [-0.4, -0.2) is 26.8 Å². The van der Waals surface area contributed by atoms with Crippen molar-refractivity contribution in [1.29, 1.82) is 0 Å². The predicted octanol–water partition coefficient (Wildman–Crippen LogP) is 3.43. The van der Waals surface area contributed by atoms with E-state index >= 15 is 0 Å². The number of nitrogens with zero attached hydrogens (tertiary/aromatic N) is 1. The van der Waals surface area contributed by atoms with Gasteiger partial charge in [0.25, 0.3) is 0 Å². The third-order valence-electron chi connectivity index (χ3n) is 4.23. The Hall–Kier alpha value is -0.0900. The quantitative estimate of drug-likeness (QED) is 0.612. The molecule has 1 aromatic carbocycles. The van der Waals surface area contributed by atoms with Gasteiger partial charge in [-0.2, -0.15) is 12.7 Å². The van der Waals surface area contributed by atoms with Gasteiger partial charge < -0.3 is 9.92 Å². The van der Waals surface area contributed by atoms with E-state index in [0.29, 0.717) is 11.3 Å². The average molecular weight is 477 g/mol. The maximum absolute atomic E-state index is 12.0. The van der Waals surface area contributed by atoms with Crippen LogP contribution in [0.5, 0.6) is 5.75 Å². The summed E-state index contributed by atoms with van der Waals surface area (Å²) in [6.07, 6.45) is 2.00. The first-order valence-electron chi connectivity index (χ1n) is 7.26. The van der Waals surface area contributed by atoms with Crippen molar-refractivity contribution in [3.05, 3.63) is 26.8 Å². The van der Waals surface area contributed by atoms with Crippen molar-refractivity contribution in [2.75, 3.05) is 14.1 Å². The molecule has 0 atom stereocenters. The highest BCUT2D eigenvalue weighted by Gasteiger charge is 2.26. The minimum atomic E-state index is -3.79. The number of benzene rings is 1. The molecule has 0 aliphatic carbocycles. The van der Waals surface area contributed by atoms with Crippen LogP contribution in [0.3, 0.4) is 0 Å². The standard InChI is InChI=1S/C15H25IN2O3S.ClH/c1-6-15(3,7-2)12-8-11(10-17)14(13(16)9-12)21-22(19,20)18(4)5;/h8-9H,6-7,10,17H2,1-5H3;1H. The van der Waals surface area contributed by atoms with E-state index in [9.17, 15) is 8.42 Å². The van der Waals surface area contributed by atoms with Crippen molar-refractivity contribution in [2.24, 2.45) is 5.73 Å². The van der Waals surface area contributed by atoms with E-state index in [1.165, 1.54) is 14.1 Å². The highest BCUT2D eigenvalue weighted by Crippen LogP contribution is 2.37. The van der Waals surface area contributed by atoms with E-state index < -0.39 is 10.3 Å². The fourth-order valence-electron chi connectivity index (χ4n) is 2.08. The van der Waals surface area contributed by atoms with Crippen LogP contribution in [0.1, 0.15) is 44.7 Å². The molecule has 0 heterocycles. The highest BCUT2D eigenvalue weighted by molar-refractivity contribution is 14.1. The van der Waals surface area contributed by atoms with Gasteiger partial charge in [-0.05, 0) is 52.5 Å². The Morgan fingerprint density at radius 2 is 1.78 bits per heavy atom. The van der Waals surface area contributed by atoms with Crippen LogP contribution in [0.4, 0.5) is 0 Å². The van der Waals surface area contributed by atoms with Crippen molar-refractivity contribution >= 4 is 45.3 Å². The van der Waals surface area contributed by atoms with Gasteiger partial charge in [-0.25, -0.2) is 0 Å². The van der Waals surface area contributed by atoms with Crippen molar-refractivity contribution in [3.63, 3.8) is 0 Å². The number of rotatable bonds is 7.